The van der Waals surface area contributed by atoms with E-state index in [0.717, 1.165) is 31.8 Å². The molecule has 0 radical (unpaired) electrons. The lowest BCUT2D eigenvalue weighted by molar-refractivity contribution is 0.240. The lowest BCUT2D eigenvalue weighted by Crippen LogP contribution is -2.44. The summed E-state index contributed by atoms with van der Waals surface area (Å²) in [5, 5.41) is 8.28. The first kappa shape index (κ1) is 15.3. The van der Waals surface area contributed by atoms with Crippen LogP contribution in [0.3, 0.4) is 0 Å². The summed E-state index contributed by atoms with van der Waals surface area (Å²) < 4.78 is 7.71. The normalized spacial score (nSPS) is 22.9. The van der Waals surface area contributed by atoms with Crippen LogP contribution in [0.5, 0.6) is 5.75 Å². The molecule has 1 aliphatic heterocycles. The molecule has 1 saturated heterocycles. The third-order valence-corrected chi connectivity index (χ3v) is 4.38. The number of likely N-dealkylation sites (N-methyl/N-ethyl adjacent to an activating group) is 1. The van der Waals surface area contributed by atoms with E-state index in [0.29, 0.717) is 5.92 Å². The summed E-state index contributed by atoms with van der Waals surface area (Å²) in [6, 6.07) is 0. The topological polar surface area (TPSA) is 42.3 Å². The second kappa shape index (κ2) is 6.14. The maximum absolute atomic E-state index is 5.58. The minimum Gasteiger partial charge on any atom is -0.493 e. The van der Waals surface area contributed by atoms with Crippen molar-refractivity contribution in [1.82, 2.24) is 20.0 Å². The first-order valence-electron chi connectivity index (χ1n) is 7.51. The summed E-state index contributed by atoms with van der Waals surface area (Å²) in [6.45, 7) is 7.50. The standard InChI is InChI=1S/C15H28N4O/c1-12(2)15(7-6-8-16-15)14-13(20-5)11-17-19(14)10-9-18(3)4/h11-12,16H,6-10H2,1-5H3. The van der Waals surface area contributed by atoms with Gasteiger partial charge in [0.05, 0.1) is 25.4 Å². The van der Waals surface area contributed by atoms with Gasteiger partial charge in [-0.3, -0.25) is 4.68 Å². The molecular formula is C15H28N4O. The molecule has 1 atom stereocenters. The third kappa shape index (κ3) is 2.69. The molecule has 0 bridgehead atoms. The van der Waals surface area contributed by atoms with Crippen molar-refractivity contribution >= 4 is 0 Å². The minimum atomic E-state index is -0.00580. The molecule has 114 valence electrons. The maximum Gasteiger partial charge on any atom is 0.161 e. The Kier molecular flexibility index (Phi) is 4.70. The van der Waals surface area contributed by atoms with Crippen LogP contribution in [-0.4, -0.2) is 49.0 Å². The van der Waals surface area contributed by atoms with E-state index in [1.54, 1.807) is 7.11 Å². The number of nitrogens with zero attached hydrogens (tertiary/aromatic N) is 3. The predicted molar refractivity (Wildman–Crippen MR) is 81.1 cm³/mol. The molecule has 1 fully saturated rings. The third-order valence-electron chi connectivity index (χ3n) is 4.38. The Morgan fingerprint density at radius 1 is 1.50 bits per heavy atom. The number of hydrogen-bond donors (Lipinski definition) is 1. The Bertz CT molecular complexity index is 433. The first-order valence-corrected chi connectivity index (χ1v) is 7.51. The Morgan fingerprint density at radius 3 is 2.75 bits per heavy atom. The lowest BCUT2D eigenvalue weighted by Gasteiger charge is -2.35. The van der Waals surface area contributed by atoms with Gasteiger partial charge in [-0.25, -0.2) is 0 Å². The fourth-order valence-corrected chi connectivity index (χ4v) is 3.17. The summed E-state index contributed by atoms with van der Waals surface area (Å²) >= 11 is 0. The molecular weight excluding hydrogens is 252 g/mol. The summed E-state index contributed by atoms with van der Waals surface area (Å²) in [6.07, 6.45) is 4.21. The zero-order valence-electron chi connectivity index (χ0n) is 13.4. The predicted octanol–water partition coefficient (Wildman–Crippen LogP) is 1.69. The van der Waals surface area contributed by atoms with Crippen molar-refractivity contribution in [2.75, 3.05) is 34.3 Å². The molecule has 0 aliphatic carbocycles. The maximum atomic E-state index is 5.58. The molecule has 0 amide bonds. The van der Waals surface area contributed by atoms with Gasteiger partial charge in [0.2, 0.25) is 0 Å². The van der Waals surface area contributed by atoms with Crippen molar-refractivity contribution in [3.8, 4) is 5.75 Å². The van der Waals surface area contributed by atoms with Crippen LogP contribution in [0.15, 0.2) is 6.20 Å². The molecule has 2 heterocycles. The molecule has 0 spiro atoms. The molecule has 1 N–H and O–H groups in total. The number of ether oxygens (including phenoxy) is 1. The van der Waals surface area contributed by atoms with Gasteiger partial charge in [-0.05, 0) is 39.4 Å². The fraction of sp³-hybridized carbons (Fsp3) is 0.800. The lowest BCUT2D eigenvalue weighted by atomic mass is 9.81. The fourth-order valence-electron chi connectivity index (χ4n) is 3.17. The molecule has 1 aliphatic rings. The molecule has 20 heavy (non-hydrogen) atoms. The van der Waals surface area contributed by atoms with E-state index >= 15 is 0 Å². The molecule has 1 unspecified atom stereocenters. The highest BCUT2D eigenvalue weighted by Gasteiger charge is 2.43. The van der Waals surface area contributed by atoms with Crippen molar-refractivity contribution in [2.24, 2.45) is 5.92 Å². The van der Waals surface area contributed by atoms with Gasteiger partial charge in [0.15, 0.2) is 5.75 Å². The van der Waals surface area contributed by atoms with Gasteiger partial charge in [0.25, 0.3) is 0 Å². The summed E-state index contributed by atoms with van der Waals surface area (Å²) in [5.41, 5.74) is 1.21. The van der Waals surface area contributed by atoms with E-state index < -0.39 is 0 Å². The molecule has 1 aromatic rings. The van der Waals surface area contributed by atoms with Crippen molar-refractivity contribution in [3.05, 3.63) is 11.9 Å². The van der Waals surface area contributed by atoms with Gasteiger partial charge in [-0.1, -0.05) is 13.8 Å². The van der Waals surface area contributed by atoms with Crippen molar-refractivity contribution < 1.29 is 4.74 Å². The van der Waals surface area contributed by atoms with Crippen LogP contribution in [0, 0.1) is 5.92 Å². The van der Waals surface area contributed by atoms with E-state index in [2.05, 4.69) is 47.9 Å². The molecule has 0 saturated carbocycles. The number of nitrogens with one attached hydrogen (secondary N) is 1. The average molecular weight is 280 g/mol. The quantitative estimate of drug-likeness (QED) is 0.861. The monoisotopic (exact) mass is 280 g/mol. The van der Waals surface area contributed by atoms with Gasteiger partial charge in [-0.15, -0.1) is 0 Å². The van der Waals surface area contributed by atoms with E-state index in [1.807, 2.05) is 6.20 Å². The van der Waals surface area contributed by atoms with Gasteiger partial charge in [0.1, 0.15) is 5.69 Å². The van der Waals surface area contributed by atoms with E-state index in [9.17, 15) is 0 Å². The number of methoxy groups -OCH3 is 1. The molecule has 5 nitrogen and oxygen atoms in total. The van der Waals surface area contributed by atoms with Crippen molar-refractivity contribution in [1.29, 1.82) is 0 Å². The second-order valence-corrected chi connectivity index (χ2v) is 6.24. The van der Waals surface area contributed by atoms with E-state index in [1.165, 1.54) is 12.1 Å². The van der Waals surface area contributed by atoms with Crippen molar-refractivity contribution in [2.45, 2.75) is 38.8 Å². The second-order valence-electron chi connectivity index (χ2n) is 6.24. The molecule has 1 aromatic heterocycles. The Balaban J connectivity index is 2.39. The number of hydrogen-bond acceptors (Lipinski definition) is 4. The smallest absolute Gasteiger partial charge is 0.161 e. The Labute approximate surface area is 122 Å². The van der Waals surface area contributed by atoms with Gasteiger partial charge < -0.3 is 15.0 Å². The van der Waals surface area contributed by atoms with Crippen LogP contribution in [0.1, 0.15) is 32.4 Å². The van der Waals surface area contributed by atoms with Crippen LogP contribution in [0.2, 0.25) is 0 Å². The average Bonchev–Trinajstić information content (AvgIpc) is 3.03. The summed E-state index contributed by atoms with van der Waals surface area (Å²) in [5.74, 6) is 1.42. The highest BCUT2D eigenvalue weighted by Crippen LogP contribution is 2.41. The van der Waals surface area contributed by atoms with Gasteiger partial charge >= 0.3 is 0 Å². The summed E-state index contributed by atoms with van der Waals surface area (Å²) in [4.78, 5) is 2.18. The first-order chi connectivity index (χ1) is 9.51. The zero-order chi connectivity index (χ0) is 14.8. The number of aromatic nitrogens is 2. The zero-order valence-corrected chi connectivity index (χ0v) is 13.4. The van der Waals surface area contributed by atoms with Gasteiger partial charge in [-0.2, -0.15) is 5.10 Å². The van der Waals surface area contributed by atoms with Crippen LogP contribution < -0.4 is 10.1 Å². The van der Waals surface area contributed by atoms with E-state index in [-0.39, 0.29) is 5.54 Å². The molecule has 5 heteroatoms. The minimum absolute atomic E-state index is 0.00580. The van der Waals surface area contributed by atoms with Gasteiger partial charge in [0, 0.05) is 6.54 Å². The Hall–Kier alpha value is -1.07. The Morgan fingerprint density at radius 2 is 2.25 bits per heavy atom. The van der Waals surface area contributed by atoms with Crippen LogP contribution in [0.25, 0.3) is 0 Å². The van der Waals surface area contributed by atoms with Crippen LogP contribution >= 0.6 is 0 Å². The SMILES string of the molecule is COc1cnn(CCN(C)C)c1C1(C(C)C)CCCN1. The van der Waals surface area contributed by atoms with E-state index in [4.69, 9.17) is 4.74 Å². The van der Waals surface area contributed by atoms with Crippen molar-refractivity contribution in [3.63, 3.8) is 0 Å². The van der Waals surface area contributed by atoms with Crippen LogP contribution in [0.4, 0.5) is 0 Å². The highest BCUT2D eigenvalue weighted by molar-refractivity contribution is 5.34. The molecule has 0 aromatic carbocycles. The largest absolute Gasteiger partial charge is 0.493 e. The van der Waals surface area contributed by atoms with Crippen LogP contribution in [-0.2, 0) is 12.1 Å². The highest BCUT2D eigenvalue weighted by atomic mass is 16.5. The summed E-state index contributed by atoms with van der Waals surface area (Å²) in [7, 11) is 5.92. The molecule has 2 rings (SSSR count). The number of rotatable bonds is 6.